The average molecular weight is 309 g/mol. The summed E-state index contributed by atoms with van der Waals surface area (Å²) in [5.74, 6) is 0. The van der Waals surface area contributed by atoms with Gasteiger partial charge in [0.15, 0.2) is 6.29 Å². The first kappa shape index (κ1) is 12.2. The fraction of sp³-hybridized carbons (Fsp3) is 0. The van der Waals surface area contributed by atoms with E-state index in [0.717, 1.165) is 6.07 Å². The second kappa shape index (κ2) is 4.31. The lowest BCUT2D eigenvalue weighted by atomic mass is 10.2. The lowest BCUT2D eigenvalue weighted by Gasteiger charge is -2.02. The standard InChI is InChI=1S/C8H3BrClNO3S/c9-7-1-6(4-12)8(15(10,13)14)2-5(7)3-11/h1-2,4H. The molecule has 0 atom stereocenters. The first-order valence-electron chi connectivity index (χ1n) is 3.53. The highest BCUT2D eigenvalue weighted by Crippen LogP contribution is 2.26. The Morgan fingerprint density at radius 1 is 1.47 bits per heavy atom. The normalized spacial score (nSPS) is 10.7. The van der Waals surface area contributed by atoms with Crippen LogP contribution < -0.4 is 0 Å². The van der Waals surface area contributed by atoms with Gasteiger partial charge in [-0.05, 0) is 28.1 Å². The van der Waals surface area contributed by atoms with Crippen LogP contribution in [0.2, 0.25) is 0 Å². The van der Waals surface area contributed by atoms with Gasteiger partial charge in [-0.1, -0.05) is 0 Å². The minimum absolute atomic E-state index is 0.0872. The van der Waals surface area contributed by atoms with Gasteiger partial charge in [-0.3, -0.25) is 4.79 Å². The molecule has 1 aromatic carbocycles. The number of rotatable bonds is 2. The van der Waals surface area contributed by atoms with E-state index in [9.17, 15) is 13.2 Å². The van der Waals surface area contributed by atoms with Gasteiger partial charge in [-0.2, -0.15) is 5.26 Å². The predicted molar refractivity (Wildman–Crippen MR) is 57.3 cm³/mol. The molecule has 0 radical (unpaired) electrons. The van der Waals surface area contributed by atoms with Crippen LogP contribution in [0.15, 0.2) is 21.5 Å². The van der Waals surface area contributed by atoms with E-state index in [1.54, 1.807) is 6.07 Å². The van der Waals surface area contributed by atoms with Crippen LogP contribution in [0.4, 0.5) is 0 Å². The van der Waals surface area contributed by atoms with E-state index >= 15 is 0 Å². The Hall–Kier alpha value is -0.900. The number of nitriles is 1. The number of carbonyl (C=O) groups excluding carboxylic acids is 1. The van der Waals surface area contributed by atoms with Gasteiger partial charge in [0, 0.05) is 20.7 Å². The zero-order valence-electron chi connectivity index (χ0n) is 7.07. The molecule has 0 saturated heterocycles. The van der Waals surface area contributed by atoms with Crippen LogP contribution >= 0.6 is 26.6 Å². The number of aldehydes is 1. The maximum absolute atomic E-state index is 11.1. The van der Waals surface area contributed by atoms with E-state index in [0.29, 0.717) is 10.8 Å². The van der Waals surface area contributed by atoms with Gasteiger partial charge in [0.1, 0.15) is 6.07 Å². The molecule has 0 saturated carbocycles. The third kappa shape index (κ3) is 2.56. The van der Waals surface area contributed by atoms with Crippen molar-refractivity contribution in [3.63, 3.8) is 0 Å². The molecule has 0 unspecified atom stereocenters. The fourth-order valence-electron chi connectivity index (χ4n) is 0.958. The largest absolute Gasteiger partial charge is 0.298 e. The first-order valence-corrected chi connectivity index (χ1v) is 6.64. The Kier molecular flexibility index (Phi) is 3.50. The van der Waals surface area contributed by atoms with E-state index in [-0.39, 0.29) is 16.0 Å². The van der Waals surface area contributed by atoms with Crippen molar-refractivity contribution in [2.24, 2.45) is 0 Å². The van der Waals surface area contributed by atoms with Crippen LogP contribution in [0.25, 0.3) is 0 Å². The Balaban J connectivity index is 3.66. The smallest absolute Gasteiger partial charge is 0.262 e. The molecule has 4 nitrogen and oxygen atoms in total. The predicted octanol–water partition coefficient (Wildman–Crippen LogP) is 2.06. The molecule has 0 aliphatic heterocycles. The summed E-state index contributed by atoms with van der Waals surface area (Å²) in [6, 6.07) is 4.06. The molecule has 78 valence electrons. The molecule has 0 heterocycles. The maximum atomic E-state index is 11.1. The molecule has 0 aliphatic rings. The number of hydrogen-bond donors (Lipinski definition) is 0. The third-order valence-electron chi connectivity index (χ3n) is 1.61. The van der Waals surface area contributed by atoms with E-state index in [1.165, 1.54) is 6.07 Å². The van der Waals surface area contributed by atoms with Crippen LogP contribution in [-0.2, 0) is 9.05 Å². The van der Waals surface area contributed by atoms with Crippen LogP contribution in [0.1, 0.15) is 15.9 Å². The first-order chi connectivity index (χ1) is 6.90. The van der Waals surface area contributed by atoms with Crippen molar-refractivity contribution < 1.29 is 13.2 Å². The summed E-state index contributed by atoms with van der Waals surface area (Å²) in [6.07, 6.45) is 0.362. The Morgan fingerprint density at radius 3 is 2.47 bits per heavy atom. The molecular weight excluding hydrogens is 306 g/mol. The van der Waals surface area contributed by atoms with Gasteiger partial charge in [0.05, 0.1) is 10.5 Å². The summed E-state index contributed by atoms with van der Waals surface area (Å²) in [5.41, 5.74) is 0.00991. The second-order valence-corrected chi connectivity index (χ2v) is 5.93. The van der Waals surface area contributed by atoms with Crippen molar-refractivity contribution in [2.75, 3.05) is 0 Å². The van der Waals surface area contributed by atoms with Gasteiger partial charge in [-0.15, -0.1) is 0 Å². The topological polar surface area (TPSA) is 75.0 Å². The minimum atomic E-state index is -4.03. The van der Waals surface area contributed by atoms with Crippen molar-refractivity contribution in [3.8, 4) is 6.07 Å². The summed E-state index contributed by atoms with van der Waals surface area (Å²) in [7, 11) is 1.09. The Morgan fingerprint density at radius 2 is 2.07 bits per heavy atom. The molecule has 0 aromatic heterocycles. The third-order valence-corrected chi connectivity index (χ3v) is 3.64. The summed E-state index contributed by atoms with van der Waals surface area (Å²) in [6.45, 7) is 0. The van der Waals surface area contributed by atoms with Crippen LogP contribution in [0.3, 0.4) is 0 Å². The average Bonchev–Trinajstić information content (AvgIpc) is 2.15. The summed E-state index contributed by atoms with van der Waals surface area (Å²) in [5, 5.41) is 8.67. The lowest BCUT2D eigenvalue weighted by Crippen LogP contribution is -1.98. The summed E-state index contributed by atoms with van der Waals surface area (Å²) < 4.78 is 22.5. The molecule has 0 bridgehead atoms. The Labute approximate surface area is 99.0 Å². The van der Waals surface area contributed by atoms with E-state index < -0.39 is 9.05 Å². The van der Waals surface area contributed by atoms with Gasteiger partial charge in [-0.25, -0.2) is 8.42 Å². The minimum Gasteiger partial charge on any atom is -0.298 e. The Bertz CT molecular complexity index is 562. The highest BCUT2D eigenvalue weighted by atomic mass is 79.9. The van der Waals surface area contributed by atoms with Crippen LogP contribution in [-0.4, -0.2) is 14.7 Å². The molecule has 0 N–H and O–H groups in total. The van der Waals surface area contributed by atoms with Gasteiger partial charge in [0.25, 0.3) is 9.05 Å². The number of halogens is 2. The highest BCUT2D eigenvalue weighted by Gasteiger charge is 2.18. The maximum Gasteiger partial charge on any atom is 0.262 e. The van der Waals surface area contributed by atoms with Gasteiger partial charge < -0.3 is 0 Å². The quantitative estimate of drug-likeness (QED) is 0.619. The fourth-order valence-corrected chi connectivity index (χ4v) is 2.46. The second-order valence-electron chi connectivity index (χ2n) is 2.54. The van der Waals surface area contributed by atoms with Crippen molar-refractivity contribution >= 4 is 41.9 Å². The number of hydrogen-bond acceptors (Lipinski definition) is 4. The van der Waals surface area contributed by atoms with Crippen molar-refractivity contribution in [1.82, 2.24) is 0 Å². The monoisotopic (exact) mass is 307 g/mol. The molecule has 0 aliphatic carbocycles. The van der Waals surface area contributed by atoms with Crippen molar-refractivity contribution in [1.29, 1.82) is 5.26 Å². The number of carbonyl (C=O) groups is 1. The van der Waals surface area contributed by atoms with Crippen molar-refractivity contribution in [2.45, 2.75) is 4.90 Å². The zero-order chi connectivity index (χ0) is 11.6. The molecule has 1 aromatic rings. The lowest BCUT2D eigenvalue weighted by molar-refractivity contribution is 0.112. The molecule has 0 spiro atoms. The molecule has 7 heteroatoms. The molecule has 1 rings (SSSR count). The molecule has 0 amide bonds. The summed E-state index contributed by atoms with van der Waals surface area (Å²) in [4.78, 5) is 10.2. The highest BCUT2D eigenvalue weighted by molar-refractivity contribution is 9.10. The van der Waals surface area contributed by atoms with Crippen LogP contribution in [0.5, 0.6) is 0 Å². The molecule has 0 fully saturated rings. The number of benzene rings is 1. The van der Waals surface area contributed by atoms with E-state index in [2.05, 4.69) is 15.9 Å². The SMILES string of the molecule is N#Cc1cc(S(=O)(=O)Cl)c(C=O)cc1Br. The van der Waals surface area contributed by atoms with Crippen LogP contribution in [0, 0.1) is 11.3 Å². The van der Waals surface area contributed by atoms with Crippen molar-refractivity contribution in [3.05, 3.63) is 27.7 Å². The molecular formula is C8H3BrClNO3S. The number of nitrogens with zero attached hydrogens (tertiary/aromatic N) is 1. The molecule has 15 heavy (non-hydrogen) atoms. The van der Waals surface area contributed by atoms with Gasteiger partial charge in [0.2, 0.25) is 0 Å². The van der Waals surface area contributed by atoms with E-state index in [1.807, 2.05) is 0 Å². The summed E-state index contributed by atoms with van der Waals surface area (Å²) >= 11 is 3.03. The van der Waals surface area contributed by atoms with Gasteiger partial charge >= 0.3 is 0 Å². The zero-order valence-corrected chi connectivity index (χ0v) is 10.2. The van der Waals surface area contributed by atoms with E-state index in [4.69, 9.17) is 15.9 Å².